The zero-order valence-corrected chi connectivity index (χ0v) is 19.1. The molecule has 0 aliphatic heterocycles. The molecule has 3 aliphatic carbocycles. The largest absolute Gasteiger partial charge is 0.396 e. The van der Waals surface area contributed by atoms with Gasteiger partial charge in [0.2, 0.25) is 0 Å². The van der Waals surface area contributed by atoms with Crippen molar-refractivity contribution >= 4 is 34.8 Å². The van der Waals surface area contributed by atoms with Gasteiger partial charge in [-0.2, -0.15) is 0 Å². The quantitative estimate of drug-likeness (QED) is 0.526. The van der Waals surface area contributed by atoms with E-state index in [0.29, 0.717) is 35.7 Å². The molecule has 3 saturated carbocycles. The van der Waals surface area contributed by atoms with Crippen molar-refractivity contribution < 1.29 is 10.2 Å². The molecule has 4 N–H and O–H groups in total. The molecule has 0 heterocycles. The Morgan fingerprint density at radius 1 is 1.15 bits per heavy atom. The van der Waals surface area contributed by atoms with E-state index >= 15 is 0 Å². The van der Waals surface area contributed by atoms with Crippen LogP contribution in [-0.2, 0) is 0 Å². The molecule has 3 rings (SSSR count). The predicted octanol–water partition coefficient (Wildman–Crippen LogP) is 5.23. The Bertz CT molecular complexity index is 540. The van der Waals surface area contributed by atoms with Crippen LogP contribution in [0.5, 0.6) is 0 Å². The van der Waals surface area contributed by atoms with Crippen LogP contribution in [0.3, 0.4) is 0 Å². The second kappa shape index (κ2) is 9.53. The maximum atomic E-state index is 10.0. The Hall–Kier alpha value is 0.490. The molecule has 0 radical (unpaired) electrons. The predicted molar refractivity (Wildman–Crippen MR) is 115 cm³/mol. The van der Waals surface area contributed by atoms with Crippen molar-refractivity contribution in [3.05, 3.63) is 10.1 Å². The van der Waals surface area contributed by atoms with Gasteiger partial charge in [-0.1, -0.05) is 44.0 Å². The van der Waals surface area contributed by atoms with Crippen LogP contribution in [0.1, 0.15) is 65.7 Å². The van der Waals surface area contributed by atoms with Gasteiger partial charge in [-0.05, 0) is 80.2 Å². The molecule has 0 aromatic rings. The molecule has 3 aliphatic rings. The summed E-state index contributed by atoms with van der Waals surface area (Å²) in [4.78, 5) is -0.476. The number of hydrogen-bond donors (Lipinski definition) is 3. The Kier molecular flexibility index (Phi) is 8.39. The summed E-state index contributed by atoms with van der Waals surface area (Å²) < 4.78 is 0.425. The fourth-order valence-corrected chi connectivity index (χ4v) is 7.44. The van der Waals surface area contributed by atoms with Gasteiger partial charge in [-0.25, -0.2) is 0 Å². The van der Waals surface area contributed by atoms with Gasteiger partial charge in [0.1, 0.15) is 4.49 Å². The summed E-state index contributed by atoms with van der Waals surface area (Å²) in [6, 6.07) is 0. The van der Waals surface area contributed by atoms with E-state index in [9.17, 15) is 10.2 Å². The Labute approximate surface area is 179 Å². The van der Waals surface area contributed by atoms with Crippen LogP contribution in [0.2, 0.25) is 0 Å². The number of hydrogen-bond acceptors (Lipinski definition) is 3. The summed E-state index contributed by atoms with van der Waals surface area (Å²) in [5, 5.41) is 19.9. The van der Waals surface area contributed by atoms with E-state index in [-0.39, 0.29) is 30.0 Å². The Balaban J connectivity index is 0.00000126. The van der Waals surface area contributed by atoms with Gasteiger partial charge in [0.25, 0.3) is 0 Å². The molecule has 0 aromatic heterocycles. The fourth-order valence-electron chi connectivity index (χ4n) is 6.28. The van der Waals surface area contributed by atoms with Crippen LogP contribution in [0.4, 0.5) is 0 Å². The van der Waals surface area contributed by atoms with Gasteiger partial charge in [-0.3, -0.25) is 0 Å². The summed E-state index contributed by atoms with van der Waals surface area (Å²) in [5.41, 5.74) is 7.45. The molecule has 0 amide bonds. The Morgan fingerprint density at radius 2 is 1.81 bits per heavy atom. The third kappa shape index (κ3) is 4.20. The average Bonchev–Trinajstić information content (AvgIpc) is 3.01. The zero-order valence-electron chi connectivity index (χ0n) is 16.9. The summed E-state index contributed by atoms with van der Waals surface area (Å²) in [6.07, 6.45) is 5.62. The lowest BCUT2D eigenvalue weighted by Crippen LogP contribution is -2.55. The van der Waals surface area contributed by atoms with Crippen molar-refractivity contribution in [1.29, 1.82) is 0 Å². The number of rotatable bonds is 3. The minimum Gasteiger partial charge on any atom is -0.396 e. The van der Waals surface area contributed by atoms with Crippen LogP contribution in [-0.4, -0.2) is 34.3 Å². The second-order valence-electron chi connectivity index (χ2n) is 8.58. The fraction of sp³-hybridized carbons (Fsp3) is 0.905. The van der Waals surface area contributed by atoms with Crippen molar-refractivity contribution in [3.63, 3.8) is 0 Å². The van der Waals surface area contributed by atoms with Gasteiger partial charge in [-0.15, -0.1) is 11.6 Å². The highest BCUT2D eigenvalue weighted by atomic mass is 35.5. The first kappa shape index (κ1) is 23.8. The number of nitrogens with two attached hydrogens (primary N) is 1. The van der Waals surface area contributed by atoms with Crippen molar-refractivity contribution in [2.24, 2.45) is 34.8 Å². The number of aliphatic hydroxyl groups is 2. The van der Waals surface area contributed by atoms with Crippen molar-refractivity contribution in [1.82, 2.24) is 0 Å². The van der Waals surface area contributed by atoms with Crippen LogP contribution in [0.25, 0.3) is 0 Å². The van der Waals surface area contributed by atoms with E-state index in [0.717, 1.165) is 32.1 Å². The molecule has 6 heteroatoms. The highest BCUT2D eigenvalue weighted by molar-refractivity contribution is 6.56. The topological polar surface area (TPSA) is 66.5 Å². The van der Waals surface area contributed by atoms with E-state index in [2.05, 4.69) is 6.92 Å². The van der Waals surface area contributed by atoms with Crippen LogP contribution >= 0.6 is 34.8 Å². The highest BCUT2D eigenvalue weighted by Gasteiger charge is 2.58. The van der Waals surface area contributed by atoms with E-state index in [1.165, 1.54) is 5.57 Å². The molecule has 0 bridgehead atoms. The van der Waals surface area contributed by atoms with Crippen LogP contribution in [0, 0.1) is 29.1 Å². The summed E-state index contributed by atoms with van der Waals surface area (Å²) in [5.74, 6) is 0.913. The second-order valence-corrected chi connectivity index (χ2v) is 10.2. The molecule has 3 fully saturated rings. The maximum absolute atomic E-state index is 10.0. The molecule has 158 valence electrons. The van der Waals surface area contributed by atoms with E-state index < -0.39 is 4.87 Å². The van der Waals surface area contributed by atoms with Crippen LogP contribution < -0.4 is 5.73 Å². The number of alkyl halides is 1. The number of allylic oxidation sites excluding steroid dienone is 1. The first-order valence-electron chi connectivity index (χ1n) is 10.5. The smallest absolute Gasteiger partial charge is 0.106 e. The lowest BCUT2D eigenvalue weighted by atomic mass is 9.54. The molecular weight excluding hydrogens is 405 g/mol. The summed E-state index contributed by atoms with van der Waals surface area (Å²) in [6.45, 7) is 6.89. The molecule has 6 unspecified atom stereocenters. The van der Waals surface area contributed by atoms with Gasteiger partial charge in [0.05, 0.1) is 11.0 Å². The lowest BCUT2D eigenvalue weighted by molar-refractivity contribution is -0.0207. The summed E-state index contributed by atoms with van der Waals surface area (Å²) in [7, 11) is 0. The van der Waals surface area contributed by atoms with E-state index in [1.54, 1.807) is 0 Å². The molecule has 0 aromatic carbocycles. The first-order valence-corrected chi connectivity index (χ1v) is 11.6. The van der Waals surface area contributed by atoms with E-state index in [1.807, 2.05) is 13.8 Å². The average molecular weight is 441 g/mol. The van der Waals surface area contributed by atoms with Crippen molar-refractivity contribution in [2.45, 2.75) is 76.7 Å². The minimum atomic E-state index is -0.476. The minimum absolute atomic E-state index is 0.00944. The first-order chi connectivity index (χ1) is 12.8. The van der Waals surface area contributed by atoms with Crippen molar-refractivity contribution in [3.8, 4) is 0 Å². The highest BCUT2D eigenvalue weighted by Crippen LogP contribution is 2.63. The molecule has 3 nitrogen and oxygen atoms in total. The molecule has 7 atom stereocenters. The monoisotopic (exact) mass is 439 g/mol. The maximum Gasteiger partial charge on any atom is 0.106 e. The van der Waals surface area contributed by atoms with E-state index in [4.69, 9.17) is 40.5 Å². The third-order valence-electron chi connectivity index (χ3n) is 7.65. The summed E-state index contributed by atoms with van der Waals surface area (Å²) >= 11 is 19.6. The number of halogens is 3. The third-order valence-corrected chi connectivity index (χ3v) is 8.89. The van der Waals surface area contributed by atoms with Gasteiger partial charge < -0.3 is 15.9 Å². The molecule has 27 heavy (non-hydrogen) atoms. The molecular formula is C21H36Cl3NO2. The van der Waals surface area contributed by atoms with Crippen LogP contribution in [0.15, 0.2) is 10.1 Å². The standard InChI is InChI=1S/C19H30Cl3NO2.C2H6/c1-18-6-5-15(19(22)7-4-12(25)8-11(19)10-24)13(9-23)14(18)2-3-16(18)17(20)21;1-2/h11-15,24-25H,2-10,23H2,1H3;1-2H3/t11?,12?,13-,14?,15?,18?,19?;/m0./s1. The van der Waals surface area contributed by atoms with Gasteiger partial charge in [0, 0.05) is 12.5 Å². The zero-order chi connectivity index (χ0) is 20.4. The normalized spacial score (nSPS) is 44.3. The SMILES string of the molecule is CC.CC12CCC(C3(Cl)CCC(O)CC3CO)[C@@H](CN)C1CCC2=C(Cl)Cl. The number of fused-ring (bicyclic) bond motifs is 1. The Morgan fingerprint density at radius 3 is 2.37 bits per heavy atom. The van der Waals surface area contributed by atoms with Gasteiger partial charge in [0.15, 0.2) is 0 Å². The van der Waals surface area contributed by atoms with Gasteiger partial charge >= 0.3 is 0 Å². The molecule has 0 saturated heterocycles. The molecule has 0 spiro atoms. The lowest BCUT2D eigenvalue weighted by Gasteiger charge is -2.55. The number of aliphatic hydroxyl groups excluding tert-OH is 2. The van der Waals surface area contributed by atoms with Crippen molar-refractivity contribution in [2.75, 3.05) is 13.2 Å².